The number of hydrogen-bond acceptors (Lipinski definition) is 3. The zero-order chi connectivity index (χ0) is 14.4. The maximum absolute atomic E-state index is 11.5. The van der Waals surface area contributed by atoms with Gasteiger partial charge in [-0.25, -0.2) is 4.79 Å². The lowest BCUT2D eigenvalue weighted by Gasteiger charge is -2.09. The summed E-state index contributed by atoms with van der Waals surface area (Å²) in [6, 6.07) is 4.82. The minimum Gasteiger partial charge on any atom is -0.481 e. The molecule has 0 aromatic heterocycles. The normalized spacial score (nSPS) is 9.79. The van der Waals surface area contributed by atoms with Crippen molar-refractivity contribution in [2.75, 3.05) is 5.32 Å². The molecule has 0 aliphatic carbocycles. The first-order valence-electron chi connectivity index (χ1n) is 5.78. The Morgan fingerprint density at radius 2 is 1.84 bits per heavy atom. The van der Waals surface area contributed by atoms with Gasteiger partial charge in [-0.2, -0.15) is 0 Å². The molecular formula is C13H16N2O4. The Labute approximate surface area is 110 Å². The Kier molecular flexibility index (Phi) is 5.05. The van der Waals surface area contributed by atoms with Crippen LogP contribution in [0.3, 0.4) is 0 Å². The van der Waals surface area contributed by atoms with E-state index in [1.54, 1.807) is 6.07 Å². The van der Waals surface area contributed by atoms with Crippen LogP contribution in [-0.2, 0) is 9.59 Å². The van der Waals surface area contributed by atoms with Crippen molar-refractivity contribution in [3.63, 3.8) is 0 Å². The molecule has 0 aliphatic rings. The van der Waals surface area contributed by atoms with Crippen LogP contribution in [0.4, 0.5) is 10.5 Å². The van der Waals surface area contributed by atoms with Gasteiger partial charge in [0.05, 0.1) is 6.42 Å². The Balaban J connectivity index is 2.51. The van der Waals surface area contributed by atoms with E-state index in [4.69, 9.17) is 5.11 Å². The number of hydrogen-bond donors (Lipinski definition) is 3. The highest BCUT2D eigenvalue weighted by molar-refractivity contribution is 6.01. The van der Waals surface area contributed by atoms with E-state index in [-0.39, 0.29) is 12.8 Å². The number of nitrogens with one attached hydrogen (secondary N) is 2. The van der Waals surface area contributed by atoms with Crippen LogP contribution in [0.1, 0.15) is 24.0 Å². The molecule has 3 amide bonds. The zero-order valence-corrected chi connectivity index (χ0v) is 10.8. The Bertz CT molecular complexity index is 511. The highest BCUT2D eigenvalue weighted by Gasteiger charge is 2.10. The first-order valence-corrected chi connectivity index (χ1v) is 5.78. The van der Waals surface area contributed by atoms with Crippen molar-refractivity contribution in [2.24, 2.45) is 0 Å². The molecule has 0 fully saturated rings. The zero-order valence-electron chi connectivity index (χ0n) is 10.8. The average Bonchev–Trinajstić information content (AvgIpc) is 2.30. The lowest BCUT2D eigenvalue weighted by molar-refractivity contribution is -0.138. The first-order chi connectivity index (χ1) is 8.88. The monoisotopic (exact) mass is 264 g/mol. The number of carboxylic acids is 1. The molecule has 0 saturated carbocycles. The molecule has 0 radical (unpaired) electrons. The predicted molar refractivity (Wildman–Crippen MR) is 69.9 cm³/mol. The molecule has 0 atom stereocenters. The number of imide groups is 1. The number of carbonyl (C=O) groups is 3. The fourth-order valence-corrected chi connectivity index (χ4v) is 1.52. The van der Waals surface area contributed by atoms with Gasteiger partial charge >= 0.3 is 12.0 Å². The standard InChI is InChI=1S/C13H16N2O4/c1-8-3-4-10(9(2)7-8)14-13(19)15-11(16)5-6-12(17)18/h3-4,7H,5-6H2,1-2H3,(H,17,18)(H2,14,15,16,19). The maximum atomic E-state index is 11.5. The third-order valence-electron chi connectivity index (χ3n) is 2.45. The topological polar surface area (TPSA) is 95.5 Å². The van der Waals surface area contributed by atoms with Crippen LogP contribution in [0.2, 0.25) is 0 Å². The van der Waals surface area contributed by atoms with E-state index >= 15 is 0 Å². The predicted octanol–water partition coefficient (Wildman–Crippen LogP) is 1.82. The summed E-state index contributed by atoms with van der Waals surface area (Å²) in [5, 5.41) is 13.0. The SMILES string of the molecule is Cc1ccc(NC(=O)NC(=O)CCC(=O)O)c(C)c1. The number of benzene rings is 1. The van der Waals surface area contributed by atoms with E-state index in [1.807, 2.05) is 26.0 Å². The Hall–Kier alpha value is -2.37. The van der Waals surface area contributed by atoms with Gasteiger partial charge < -0.3 is 10.4 Å². The van der Waals surface area contributed by atoms with Crippen LogP contribution in [0, 0.1) is 13.8 Å². The highest BCUT2D eigenvalue weighted by Crippen LogP contribution is 2.15. The maximum Gasteiger partial charge on any atom is 0.325 e. The molecule has 19 heavy (non-hydrogen) atoms. The number of carboxylic acid groups (broad SMARTS) is 1. The third-order valence-corrected chi connectivity index (χ3v) is 2.45. The number of aliphatic carboxylic acids is 1. The summed E-state index contributed by atoms with van der Waals surface area (Å²) in [4.78, 5) is 33.0. The van der Waals surface area contributed by atoms with Crippen LogP contribution < -0.4 is 10.6 Å². The number of anilines is 1. The van der Waals surface area contributed by atoms with Crippen molar-refractivity contribution in [3.05, 3.63) is 29.3 Å². The highest BCUT2D eigenvalue weighted by atomic mass is 16.4. The van der Waals surface area contributed by atoms with Gasteiger partial charge in [-0.05, 0) is 25.5 Å². The van der Waals surface area contributed by atoms with Crippen molar-refractivity contribution in [3.8, 4) is 0 Å². The van der Waals surface area contributed by atoms with Crippen LogP contribution in [0.5, 0.6) is 0 Å². The van der Waals surface area contributed by atoms with Crippen LogP contribution in [-0.4, -0.2) is 23.0 Å². The molecule has 3 N–H and O–H groups in total. The largest absolute Gasteiger partial charge is 0.481 e. The molecule has 1 aromatic carbocycles. The van der Waals surface area contributed by atoms with Gasteiger partial charge in [-0.15, -0.1) is 0 Å². The summed E-state index contributed by atoms with van der Waals surface area (Å²) in [5.41, 5.74) is 2.56. The Morgan fingerprint density at radius 3 is 2.42 bits per heavy atom. The summed E-state index contributed by atoms with van der Waals surface area (Å²) in [5.74, 6) is -1.70. The minimum atomic E-state index is -1.08. The quantitative estimate of drug-likeness (QED) is 0.772. The van der Waals surface area contributed by atoms with E-state index in [9.17, 15) is 14.4 Å². The van der Waals surface area contributed by atoms with Crippen LogP contribution in [0.25, 0.3) is 0 Å². The number of carbonyl (C=O) groups excluding carboxylic acids is 2. The second-order valence-corrected chi connectivity index (χ2v) is 4.21. The molecule has 1 rings (SSSR count). The second kappa shape index (κ2) is 6.53. The lowest BCUT2D eigenvalue weighted by atomic mass is 10.1. The van der Waals surface area contributed by atoms with Gasteiger partial charge in [0.2, 0.25) is 5.91 Å². The van der Waals surface area contributed by atoms with E-state index in [0.717, 1.165) is 11.1 Å². The van der Waals surface area contributed by atoms with Crippen molar-refractivity contribution in [2.45, 2.75) is 26.7 Å². The molecule has 6 heteroatoms. The van der Waals surface area contributed by atoms with E-state index in [1.165, 1.54) is 0 Å². The van der Waals surface area contributed by atoms with Crippen molar-refractivity contribution >= 4 is 23.6 Å². The van der Waals surface area contributed by atoms with Crippen LogP contribution in [0.15, 0.2) is 18.2 Å². The van der Waals surface area contributed by atoms with Gasteiger partial charge in [-0.1, -0.05) is 17.7 Å². The fourth-order valence-electron chi connectivity index (χ4n) is 1.52. The minimum absolute atomic E-state index is 0.227. The van der Waals surface area contributed by atoms with Crippen molar-refractivity contribution in [1.82, 2.24) is 5.32 Å². The lowest BCUT2D eigenvalue weighted by Crippen LogP contribution is -2.34. The van der Waals surface area contributed by atoms with Gasteiger partial charge in [0.25, 0.3) is 0 Å². The molecule has 0 saturated heterocycles. The first kappa shape index (κ1) is 14.7. The molecular weight excluding hydrogens is 248 g/mol. The molecule has 6 nitrogen and oxygen atoms in total. The number of amides is 3. The average molecular weight is 264 g/mol. The molecule has 102 valence electrons. The van der Waals surface area contributed by atoms with Gasteiger partial charge in [0.1, 0.15) is 0 Å². The molecule has 0 bridgehead atoms. The number of urea groups is 1. The molecule has 1 aromatic rings. The van der Waals surface area contributed by atoms with Crippen LogP contribution >= 0.6 is 0 Å². The van der Waals surface area contributed by atoms with Gasteiger partial charge in [0.15, 0.2) is 0 Å². The van der Waals surface area contributed by atoms with Gasteiger partial charge in [-0.3, -0.25) is 14.9 Å². The van der Waals surface area contributed by atoms with E-state index < -0.39 is 17.9 Å². The number of rotatable bonds is 4. The molecule has 0 heterocycles. The summed E-state index contributed by atoms with van der Waals surface area (Å²) in [6.07, 6.45) is -0.529. The fraction of sp³-hybridized carbons (Fsp3) is 0.308. The van der Waals surface area contributed by atoms with Crippen molar-refractivity contribution < 1.29 is 19.5 Å². The third kappa shape index (κ3) is 5.20. The molecule has 0 spiro atoms. The van der Waals surface area contributed by atoms with Crippen molar-refractivity contribution in [1.29, 1.82) is 0 Å². The number of aryl methyl sites for hydroxylation is 2. The summed E-state index contributed by atoms with van der Waals surface area (Å²) in [7, 11) is 0. The smallest absolute Gasteiger partial charge is 0.325 e. The van der Waals surface area contributed by atoms with Gasteiger partial charge in [0, 0.05) is 12.1 Å². The van der Waals surface area contributed by atoms with E-state index in [0.29, 0.717) is 5.69 Å². The Morgan fingerprint density at radius 1 is 1.16 bits per heavy atom. The summed E-state index contributed by atoms with van der Waals surface area (Å²) in [6.45, 7) is 3.78. The molecule has 0 unspecified atom stereocenters. The molecule has 0 aliphatic heterocycles. The second-order valence-electron chi connectivity index (χ2n) is 4.21. The van der Waals surface area contributed by atoms with E-state index in [2.05, 4.69) is 10.6 Å². The summed E-state index contributed by atoms with van der Waals surface area (Å²) < 4.78 is 0. The summed E-state index contributed by atoms with van der Waals surface area (Å²) >= 11 is 0.